The summed E-state index contributed by atoms with van der Waals surface area (Å²) in [6, 6.07) is 0. The zero-order chi connectivity index (χ0) is 23.3. The van der Waals surface area contributed by atoms with Crippen molar-refractivity contribution in [2.45, 2.75) is 99.5 Å². The van der Waals surface area contributed by atoms with Crippen molar-refractivity contribution < 1.29 is 9.53 Å². The number of esters is 1. The van der Waals surface area contributed by atoms with Gasteiger partial charge in [0.15, 0.2) is 0 Å². The van der Waals surface area contributed by atoms with Crippen LogP contribution in [0.15, 0.2) is 35.5 Å². The summed E-state index contributed by atoms with van der Waals surface area (Å²) in [5.74, 6) is 3.98. The van der Waals surface area contributed by atoms with E-state index >= 15 is 0 Å². The minimum Gasteiger partial charge on any atom is -0.463 e. The highest BCUT2D eigenvalue weighted by atomic mass is 16.5. The summed E-state index contributed by atoms with van der Waals surface area (Å²) in [5, 5.41) is 0. The zero-order valence-corrected chi connectivity index (χ0v) is 21.6. The zero-order valence-electron chi connectivity index (χ0n) is 21.6. The Balaban J connectivity index is 1.54. The molecule has 2 nitrogen and oxygen atoms in total. The fraction of sp³-hybridized carbons (Fsp3) is 0.767. The number of fused-ring (bicyclic) bond motifs is 5. The maximum absolute atomic E-state index is 11.5. The molecule has 0 saturated heterocycles. The van der Waals surface area contributed by atoms with Gasteiger partial charge in [0, 0.05) is 6.92 Å². The SMILES string of the molecule is CC(=O)O[C@@H]1CC[C@]2(C)C3=CC[C@@]4(C)[C@@H]([C@H](C)/C=C/[C@H](C)C(C)C)CC[C@H]4C3=CC[C@H]2C1. The average Bonchev–Trinajstić information content (AvgIpc) is 3.08. The Bertz CT molecular complexity index is 817. The second kappa shape index (κ2) is 8.80. The van der Waals surface area contributed by atoms with Gasteiger partial charge in [0.05, 0.1) is 0 Å². The molecule has 32 heavy (non-hydrogen) atoms. The van der Waals surface area contributed by atoms with Crippen LogP contribution in [0.25, 0.3) is 0 Å². The highest BCUT2D eigenvalue weighted by Gasteiger charge is 2.55. The first-order valence-corrected chi connectivity index (χ1v) is 13.3. The fourth-order valence-electron chi connectivity index (χ4n) is 7.76. The number of hydrogen-bond donors (Lipinski definition) is 0. The predicted octanol–water partition coefficient (Wildman–Crippen LogP) is 7.90. The van der Waals surface area contributed by atoms with Crippen LogP contribution in [-0.2, 0) is 9.53 Å². The van der Waals surface area contributed by atoms with Crippen LogP contribution in [-0.4, -0.2) is 12.1 Å². The summed E-state index contributed by atoms with van der Waals surface area (Å²) in [6.45, 7) is 16.1. The summed E-state index contributed by atoms with van der Waals surface area (Å²) in [4.78, 5) is 11.5. The predicted molar refractivity (Wildman–Crippen MR) is 133 cm³/mol. The second-order valence-electron chi connectivity index (χ2n) is 12.4. The monoisotopic (exact) mass is 438 g/mol. The fourth-order valence-corrected chi connectivity index (χ4v) is 7.76. The molecule has 0 spiro atoms. The van der Waals surface area contributed by atoms with Crippen LogP contribution in [0.3, 0.4) is 0 Å². The summed E-state index contributed by atoms with van der Waals surface area (Å²) >= 11 is 0. The molecule has 4 aliphatic carbocycles. The molecule has 2 saturated carbocycles. The molecular weight excluding hydrogens is 392 g/mol. The Morgan fingerprint density at radius 1 is 1.09 bits per heavy atom. The van der Waals surface area contributed by atoms with Crippen molar-refractivity contribution in [3.8, 4) is 0 Å². The molecule has 0 aromatic rings. The quantitative estimate of drug-likeness (QED) is 0.322. The Labute approximate surface area is 197 Å². The van der Waals surface area contributed by atoms with Crippen LogP contribution < -0.4 is 0 Å². The van der Waals surface area contributed by atoms with Crippen LogP contribution >= 0.6 is 0 Å². The molecule has 8 atom stereocenters. The highest BCUT2D eigenvalue weighted by molar-refractivity contribution is 5.66. The lowest BCUT2D eigenvalue weighted by Gasteiger charge is -2.53. The van der Waals surface area contributed by atoms with Gasteiger partial charge in [-0.15, -0.1) is 0 Å². The van der Waals surface area contributed by atoms with Crippen molar-refractivity contribution in [2.75, 3.05) is 0 Å². The maximum Gasteiger partial charge on any atom is 0.302 e. The van der Waals surface area contributed by atoms with Gasteiger partial charge in [0.25, 0.3) is 0 Å². The Kier molecular flexibility index (Phi) is 6.56. The number of allylic oxidation sites excluding steroid dienone is 6. The van der Waals surface area contributed by atoms with E-state index in [1.165, 1.54) is 19.3 Å². The number of rotatable bonds is 5. The van der Waals surface area contributed by atoms with Crippen LogP contribution in [0.5, 0.6) is 0 Å². The topological polar surface area (TPSA) is 26.3 Å². The smallest absolute Gasteiger partial charge is 0.302 e. The van der Waals surface area contributed by atoms with Gasteiger partial charge in [-0.25, -0.2) is 0 Å². The van der Waals surface area contributed by atoms with Crippen molar-refractivity contribution in [3.63, 3.8) is 0 Å². The third kappa shape index (κ3) is 4.05. The van der Waals surface area contributed by atoms with E-state index in [4.69, 9.17) is 4.74 Å². The number of carbonyl (C=O) groups is 1. The highest BCUT2D eigenvalue weighted by Crippen LogP contribution is 2.64. The van der Waals surface area contributed by atoms with Gasteiger partial charge in [-0.1, -0.05) is 65.8 Å². The molecule has 0 aromatic carbocycles. The van der Waals surface area contributed by atoms with Crippen molar-refractivity contribution in [2.24, 2.45) is 46.3 Å². The first-order chi connectivity index (χ1) is 15.1. The molecule has 0 bridgehead atoms. The van der Waals surface area contributed by atoms with Crippen molar-refractivity contribution >= 4 is 5.97 Å². The third-order valence-corrected chi connectivity index (χ3v) is 10.3. The van der Waals surface area contributed by atoms with Crippen LogP contribution in [0.2, 0.25) is 0 Å². The molecule has 0 amide bonds. The molecule has 178 valence electrons. The number of ether oxygens (including phenoxy) is 1. The van der Waals surface area contributed by atoms with E-state index in [-0.39, 0.29) is 17.5 Å². The summed E-state index contributed by atoms with van der Waals surface area (Å²) in [5.41, 5.74) is 4.00. The summed E-state index contributed by atoms with van der Waals surface area (Å²) in [6.07, 6.45) is 18.6. The molecule has 0 aromatic heterocycles. The molecule has 0 unspecified atom stereocenters. The van der Waals surface area contributed by atoms with Gasteiger partial charge in [-0.3, -0.25) is 4.79 Å². The van der Waals surface area contributed by atoms with Crippen LogP contribution in [0.1, 0.15) is 93.4 Å². The summed E-state index contributed by atoms with van der Waals surface area (Å²) < 4.78 is 5.62. The van der Waals surface area contributed by atoms with Crippen molar-refractivity contribution in [1.82, 2.24) is 0 Å². The second-order valence-corrected chi connectivity index (χ2v) is 12.4. The molecule has 0 heterocycles. The first-order valence-electron chi connectivity index (χ1n) is 13.3. The molecule has 2 heteroatoms. The van der Waals surface area contributed by atoms with Gasteiger partial charge in [0.2, 0.25) is 0 Å². The minimum atomic E-state index is -0.124. The normalized spacial score (nSPS) is 40.8. The van der Waals surface area contributed by atoms with Gasteiger partial charge in [0.1, 0.15) is 6.10 Å². The maximum atomic E-state index is 11.5. The lowest BCUT2D eigenvalue weighted by Crippen LogP contribution is -2.45. The van der Waals surface area contributed by atoms with Crippen LogP contribution in [0, 0.1) is 46.3 Å². The van der Waals surface area contributed by atoms with E-state index in [1.54, 1.807) is 18.1 Å². The first kappa shape index (κ1) is 23.8. The molecule has 0 aliphatic heterocycles. The van der Waals surface area contributed by atoms with Crippen molar-refractivity contribution in [1.29, 1.82) is 0 Å². The van der Waals surface area contributed by atoms with Gasteiger partial charge >= 0.3 is 5.97 Å². The van der Waals surface area contributed by atoms with E-state index in [0.717, 1.165) is 37.5 Å². The van der Waals surface area contributed by atoms with Gasteiger partial charge < -0.3 is 4.74 Å². The lowest BCUT2D eigenvalue weighted by atomic mass is 9.51. The van der Waals surface area contributed by atoms with Gasteiger partial charge in [-0.2, -0.15) is 0 Å². The Hall–Kier alpha value is -1.31. The molecule has 0 N–H and O–H groups in total. The third-order valence-electron chi connectivity index (χ3n) is 10.3. The van der Waals surface area contributed by atoms with E-state index < -0.39 is 0 Å². The molecule has 2 fully saturated rings. The number of carbonyl (C=O) groups excluding carboxylic acids is 1. The average molecular weight is 439 g/mol. The number of hydrogen-bond acceptors (Lipinski definition) is 2. The van der Waals surface area contributed by atoms with E-state index in [9.17, 15) is 4.79 Å². The minimum absolute atomic E-state index is 0.117. The largest absolute Gasteiger partial charge is 0.463 e. The van der Waals surface area contributed by atoms with Gasteiger partial charge in [-0.05, 0) is 102 Å². The molecule has 4 rings (SSSR count). The van der Waals surface area contributed by atoms with Crippen molar-refractivity contribution in [3.05, 3.63) is 35.5 Å². The summed E-state index contributed by atoms with van der Waals surface area (Å²) in [7, 11) is 0. The Morgan fingerprint density at radius 3 is 2.53 bits per heavy atom. The molecule has 4 aliphatic rings. The van der Waals surface area contributed by atoms with E-state index in [2.05, 4.69) is 65.8 Å². The molecular formula is C30H46O2. The van der Waals surface area contributed by atoms with E-state index in [1.807, 2.05) is 0 Å². The lowest BCUT2D eigenvalue weighted by molar-refractivity contribution is -0.150. The van der Waals surface area contributed by atoms with E-state index in [0.29, 0.717) is 29.1 Å². The standard InChI is InChI=1S/C30H46O2/c1-19(2)20(3)8-9-21(4)26-12-13-27-25-11-10-23-18-24(32-22(5)31)14-16-29(23,6)28(25)15-17-30(26,27)7/h8-9,11,15,19-21,23-24,26-27H,10,12-14,16-18H2,1-7H3/b9-8+/t20-,21+,23-,24+,26+,27-,29-,30-/m0/s1. The van der Waals surface area contributed by atoms with Crippen LogP contribution in [0.4, 0.5) is 0 Å². The Morgan fingerprint density at radius 2 is 1.84 bits per heavy atom. The molecule has 0 radical (unpaired) electrons.